The van der Waals surface area contributed by atoms with Crippen LogP contribution in [0, 0.1) is 23.2 Å². The number of rotatable bonds is 7. The van der Waals surface area contributed by atoms with Gasteiger partial charge in [-0.05, 0) is 63.0 Å². The largest absolute Gasteiger partial charge is 0.494 e. The lowest BCUT2D eigenvalue weighted by atomic mass is 9.49. The molecule has 5 aliphatic rings. The third-order valence-corrected chi connectivity index (χ3v) is 9.24. The van der Waals surface area contributed by atoms with E-state index in [9.17, 15) is 14.4 Å². The minimum atomic E-state index is -0.649. The number of nitrogens with two attached hydrogens (primary N) is 1. The number of anilines is 1. The second kappa shape index (κ2) is 9.78. The minimum absolute atomic E-state index is 0.182. The van der Waals surface area contributed by atoms with E-state index in [-0.39, 0.29) is 16.9 Å². The molecule has 0 unspecified atom stereocenters. The van der Waals surface area contributed by atoms with E-state index in [0.717, 1.165) is 19.3 Å². The van der Waals surface area contributed by atoms with Crippen LogP contribution in [0.3, 0.4) is 0 Å². The van der Waals surface area contributed by atoms with E-state index in [0.29, 0.717) is 66.4 Å². The Morgan fingerprint density at radius 3 is 2.33 bits per heavy atom. The SMILES string of the molecule is C=N/C=C\N(N)c1ncc(OC)c2c(C(=O)C(=O)N3CCN(C(=O)C45CC6CC(CC(C6)C4)C5)CC3)c[nH]c12. The van der Waals surface area contributed by atoms with Crippen molar-refractivity contribution in [2.75, 3.05) is 38.3 Å². The topological polar surface area (TPSA) is 137 Å². The molecule has 3 heterocycles. The molecule has 0 radical (unpaired) electrons. The average Bonchev–Trinajstić information content (AvgIpc) is 3.39. The molecule has 0 atom stereocenters. The van der Waals surface area contributed by atoms with E-state index in [1.807, 2.05) is 4.90 Å². The highest BCUT2D eigenvalue weighted by Gasteiger charge is 2.55. The summed E-state index contributed by atoms with van der Waals surface area (Å²) in [5, 5.41) is 1.66. The molecule has 11 nitrogen and oxygen atoms in total. The number of carbonyl (C=O) groups is 3. The van der Waals surface area contributed by atoms with Gasteiger partial charge in [-0.15, -0.1) is 0 Å². The van der Waals surface area contributed by atoms with Gasteiger partial charge in [0, 0.05) is 44.8 Å². The summed E-state index contributed by atoms with van der Waals surface area (Å²) < 4.78 is 5.45. The molecule has 4 saturated carbocycles. The van der Waals surface area contributed by atoms with Crippen LogP contribution >= 0.6 is 0 Å². The first-order chi connectivity index (χ1) is 18.8. The number of hydrazine groups is 1. The van der Waals surface area contributed by atoms with Crippen LogP contribution in [0.25, 0.3) is 10.9 Å². The van der Waals surface area contributed by atoms with E-state index in [1.54, 1.807) is 4.90 Å². The van der Waals surface area contributed by atoms with Crippen LogP contribution in [-0.2, 0) is 9.59 Å². The van der Waals surface area contributed by atoms with Crippen molar-refractivity contribution in [3.8, 4) is 5.75 Å². The molecule has 4 aliphatic carbocycles. The predicted molar refractivity (Wildman–Crippen MR) is 146 cm³/mol. The number of aromatic nitrogens is 2. The summed E-state index contributed by atoms with van der Waals surface area (Å²) >= 11 is 0. The summed E-state index contributed by atoms with van der Waals surface area (Å²) in [4.78, 5) is 55.0. The Kier molecular flexibility index (Phi) is 6.41. The van der Waals surface area contributed by atoms with Crippen molar-refractivity contribution < 1.29 is 19.1 Å². The van der Waals surface area contributed by atoms with Crippen molar-refractivity contribution >= 4 is 41.0 Å². The molecule has 4 bridgehead atoms. The van der Waals surface area contributed by atoms with Gasteiger partial charge in [0.05, 0.1) is 35.2 Å². The molecule has 5 fully saturated rings. The van der Waals surface area contributed by atoms with Crippen molar-refractivity contribution in [3.05, 3.63) is 30.4 Å². The molecule has 206 valence electrons. The zero-order valence-corrected chi connectivity index (χ0v) is 22.3. The number of hydrogen-bond acceptors (Lipinski definition) is 8. The van der Waals surface area contributed by atoms with Gasteiger partial charge in [-0.25, -0.2) is 10.8 Å². The number of ether oxygens (including phenoxy) is 1. The number of piperazine rings is 1. The first kappa shape index (κ1) is 25.5. The number of nitrogens with zero attached hydrogens (tertiary/aromatic N) is 5. The van der Waals surface area contributed by atoms with E-state index < -0.39 is 11.7 Å². The molecular formula is C28H35N7O4. The van der Waals surface area contributed by atoms with Crippen LogP contribution in [0.15, 0.2) is 29.8 Å². The zero-order valence-electron chi connectivity index (χ0n) is 22.3. The van der Waals surface area contributed by atoms with Crippen LogP contribution in [0.2, 0.25) is 0 Å². The lowest BCUT2D eigenvalue weighted by Gasteiger charge is -2.57. The van der Waals surface area contributed by atoms with Crippen LogP contribution in [0.4, 0.5) is 5.82 Å². The molecular weight excluding hydrogens is 498 g/mol. The molecule has 2 aromatic heterocycles. The molecule has 0 spiro atoms. The maximum absolute atomic E-state index is 13.7. The predicted octanol–water partition coefficient (Wildman–Crippen LogP) is 2.49. The Labute approximate surface area is 227 Å². The van der Waals surface area contributed by atoms with Gasteiger partial charge in [-0.1, -0.05) is 0 Å². The zero-order chi connectivity index (χ0) is 27.3. The van der Waals surface area contributed by atoms with Crippen molar-refractivity contribution in [2.45, 2.75) is 38.5 Å². The Morgan fingerprint density at radius 2 is 1.74 bits per heavy atom. The van der Waals surface area contributed by atoms with E-state index in [4.69, 9.17) is 10.6 Å². The minimum Gasteiger partial charge on any atom is -0.494 e. The smallest absolute Gasteiger partial charge is 0.295 e. The van der Waals surface area contributed by atoms with E-state index in [2.05, 4.69) is 21.7 Å². The van der Waals surface area contributed by atoms with Crippen molar-refractivity contribution in [3.63, 3.8) is 0 Å². The number of carbonyl (C=O) groups excluding carboxylic acids is 3. The van der Waals surface area contributed by atoms with Gasteiger partial charge in [0.15, 0.2) is 5.82 Å². The monoisotopic (exact) mass is 533 g/mol. The first-order valence-electron chi connectivity index (χ1n) is 13.7. The number of aromatic amines is 1. The average molecular weight is 534 g/mol. The van der Waals surface area contributed by atoms with Crippen LogP contribution < -0.4 is 15.6 Å². The van der Waals surface area contributed by atoms with Gasteiger partial charge in [-0.3, -0.25) is 24.4 Å². The van der Waals surface area contributed by atoms with Crippen LogP contribution in [0.1, 0.15) is 48.9 Å². The number of amides is 2. The lowest BCUT2D eigenvalue weighted by Crippen LogP contribution is -2.59. The third-order valence-electron chi connectivity index (χ3n) is 9.24. The number of ketones is 1. The Morgan fingerprint density at radius 1 is 1.13 bits per heavy atom. The molecule has 1 saturated heterocycles. The molecule has 7 rings (SSSR count). The fraction of sp³-hybridized carbons (Fsp3) is 0.536. The van der Waals surface area contributed by atoms with Crippen molar-refractivity contribution in [1.29, 1.82) is 0 Å². The summed E-state index contributed by atoms with van der Waals surface area (Å²) in [7, 11) is 1.47. The van der Waals surface area contributed by atoms with Crippen LogP contribution in [0.5, 0.6) is 5.75 Å². The summed E-state index contributed by atoms with van der Waals surface area (Å²) in [5.41, 5.74) is 0.436. The molecule has 11 heteroatoms. The molecule has 0 aromatic carbocycles. The molecule has 1 aliphatic heterocycles. The second-order valence-corrected chi connectivity index (χ2v) is 11.6. The number of pyridine rings is 1. The fourth-order valence-electron chi connectivity index (χ4n) is 7.90. The summed E-state index contributed by atoms with van der Waals surface area (Å²) in [6.45, 7) is 4.97. The Bertz CT molecular complexity index is 1320. The highest BCUT2D eigenvalue weighted by molar-refractivity contribution is 6.45. The van der Waals surface area contributed by atoms with Gasteiger partial charge >= 0.3 is 0 Å². The Hall–Kier alpha value is -3.73. The van der Waals surface area contributed by atoms with Crippen molar-refractivity contribution in [2.24, 2.45) is 34.0 Å². The fourth-order valence-corrected chi connectivity index (χ4v) is 7.90. The maximum Gasteiger partial charge on any atom is 0.295 e. The first-order valence-corrected chi connectivity index (χ1v) is 13.7. The highest BCUT2D eigenvalue weighted by Crippen LogP contribution is 2.60. The number of H-pyrrole nitrogens is 1. The quantitative estimate of drug-likeness (QED) is 0.183. The molecule has 2 amide bonds. The highest BCUT2D eigenvalue weighted by atomic mass is 16.5. The second-order valence-electron chi connectivity index (χ2n) is 11.6. The number of nitrogens with one attached hydrogen (secondary N) is 1. The summed E-state index contributed by atoms with van der Waals surface area (Å²) in [5.74, 6) is 7.87. The standard InChI is InChI=1S/C28H35N7O4/c1-30-3-4-35(29)25-23-22(21(39-2)16-32-25)20(15-31-23)24(36)26(37)33-5-7-34(8-6-33)27(38)28-12-17-9-18(13-28)11-19(10-17)14-28/h3-4,15-19,31H,1,5-14,29H2,2H3/b4-3-. The third kappa shape index (κ3) is 4.28. The molecule has 3 N–H and O–H groups in total. The number of hydrogen-bond donors (Lipinski definition) is 2. The van der Waals surface area contributed by atoms with Gasteiger partial charge in [0.25, 0.3) is 11.7 Å². The van der Waals surface area contributed by atoms with Crippen LogP contribution in [-0.4, -0.2) is 77.4 Å². The van der Waals surface area contributed by atoms with Gasteiger partial charge in [0.1, 0.15) is 5.75 Å². The van der Waals surface area contributed by atoms with E-state index >= 15 is 0 Å². The van der Waals surface area contributed by atoms with E-state index in [1.165, 1.54) is 56.2 Å². The lowest BCUT2D eigenvalue weighted by molar-refractivity contribution is -0.160. The molecule has 2 aromatic rings. The number of methoxy groups -OCH3 is 1. The Balaban J connectivity index is 1.16. The molecule has 39 heavy (non-hydrogen) atoms. The normalized spacial score (nSPS) is 27.8. The summed E-state index contributed by atoms with van der Waals surface area (Å²) in [6.07, 6.45) is 12.8. The van der Waals surface area contributed by atoms with Gasteiger partial charge in [0.2, 0.25) is 5.91 Å². The number of aliphatic imine (C=N–C) groups is 1. The number of Topliss-reactive ketones (excluding diaryl/α,β-unsaturated/α-hetero) is 1. The van der Waals surface area contributed by atoms with Gasteiger partial charge < -0.3 is 19.5 Å². The van der Waals surface area contributed by atoms with Gasteiger partial charge in [-0.2, -0.15) is 0 Å². The summed E-state index contributed by atoms with van der Waals surface area (Å²) in [6, 6.07) is 0. The maximum atomic E-state index is 13.7. The van der Waals surface area contributed by atoms with Crippen molar-refractivity contribution in [1.82, 2.24) is 19.8 Å². The number of fused-ring (bicyclic) bond motifs is 1.